The molecule has 1 aromatic carbocycles. The van der Waals surface area contributed by atoms with Crippen LogP contribution in [0.4, 0.5) is 5.69 Å². The van der Waals surface area contributed by atoms with Gasteiger partial charge in [-0.2, -0.15) is 0 Å². The van der Waals surface area contributed by atoms with E-state index in [1.807, 2.05) is 50.1 Å². The number of likely N-dealkylation sites (N-methyl/N-ethyl adjacent to an activating group) is 1. The van der Waals surface area contributed by atoms with Gasteiger partial charge in [0.05, 0.1) is 6.54 Å². The molecule has 0 radical (unpaired) electrons. The van der Waals surface area contributed by atoms with Gasteiger partial charge in [0.25, 0.3) is 0 Å². The molecule has 0 aliphatic rings. The number of amides is 1. The summed E-state index contributed by atoms with van der Waals surface area (Å²) in [6.07, 6.45) is 0. The highest BCUT2D eigenvalue weighted by atomic mass is 32.1. The van der Waals surface area contributed by atoms with Crippen LogP contribution >= 0.6 is 11.3 Å². The summed E-state index contributed by atoms with van der Waals surface area (Å²) in [6.45, 7) is 5.22. The number of thiophene rings is 1. The molecule has 0 saturated carbocycles. The van der Waals surface area contributed by atoms with Gasteiger partial charge in [-0.05, 0) is 43.5 Å². The molecule has 3 nitrogen and oxygen atoms in total. The molecule has 0 saturated heterocycles. The molecule has 0 spiro atoms. The summed E-state index contributed by atoms with van der Waals surface area (Å²) in [5.41, 5.74) is 3.13. The van der Waals surface area contributed by atoms with E-state index in [2.05, 4.69) is 16.8 Å². The molecule has 0 aliphatic carbocycles. The lowest BCUT2D eigenvalue weighted by Crippen LogP contribution is -2.30. The Bertz CT molecular complexity index is 558. The van der Waals surface area contributed by atoms with Crippen LogP contribution in [0.2, 0.25) is 0 Å². The van der Waals surface area contributed by atoms with Crippen LogP contribution in [0, 0.1) is 13.8 Å². The normalized spacial score (nSPS) is 10.8. The van der Waals surface area contributed by atoms with E-state index in [-0.39, 0.29) is 5.91 Å². The van der Waals surface area contributed by atoms with E-state index >= 15 is 0 Å². The molecule has 106 valence electrons. The first-order chi connectivity index (χ1) is 9.56. The standard InChI is InChI=1S/C16H20N2OS/c1-12-6-4-7-13(2)16(12)17-15(19)11-18(3)10-14-8-5-9-20-14/h4-9H,10-11H2,1-3H3,(H,17,19). The Labute approximate surface area is 124 Å². The zero-order chi connectivity index (χ0) is 14.5. The summed E-state index contributed by atoms with van der Waals surface area (Å²) in [5, 5.41) is 5.07. The van der Waals surface area contributed by atoms with E-state index in [9.17, 15) is 4.79 Å². The molecule has 0 atom stereocenters. The van der Waals surface area contributed by atoms with Crippen molar-refractivity contribution >= 4 is 22.9 Å². The van der Waals surface area contributed by atoms with Crippen LogP contribution in [0.3, 0.4) is 0 Å². The van der Waals surface area contributed by atoms with Crippen molar-refractivity contribution in [1.29, 1.82) is 0 Å². The van der Waals surface area contributed by atoms with E-state index in [1.54, 1.807) is 11.3 Å². The average molecular weight is 288 g/mol. The SMILES string of the molecule is Cc1cccc(C)c1NC(=O)CN(C)Cc1cccs1. The second-order valence-corrected chi connectivity index (χ2v) is 6.10. The van der Waals surface area contributed by atoms with Gasteiger partial charge in [-0.3, -0.25) is 9.69 Å². The third-order valence-electron chi connectivity index (χ3n) is 3.16. The second kappa shape index (κ2) is 6.68. The van der Waals surface area contributed by atoms with Crippen LogP contribution in [0.25, 0.3) is 0 Å². The number of nitrogens with one attached hydrogen (secondary N) is 1. The number of benzene rings is 1. The first kappa shape index (κ1) is 14.8. The Morgan fingerprint density at radius 2 is 1.90 bits per heavy atom. The molecule has 1 aromatic heterocycles. The number of carbonyl (C=O) groups is 1. The van der Waals surface area contributed by atoms with E-state index in [4.69, 9.17) is 0 Å². The third-order valence-corrected chi connectivity index (χ3v) is 4.03. The fourth-order valence-electron chi connectivity index (χ4n) is 2.16. The maximum absolute atomic E-state index is 12.1. The van der Waals surface area contributed by atoms with Gasteiger partial charge >= 0.3 is 0 Å². The van der Waals surface area contributed by atoms with E-state index in [1.165, 1.54) is 4.88 Å². The summed E-state index contributed by atoms with van der Waals surface area (Å²) in [6, 6.07) is 10.1. The van der Waals surface area contributed by atoms with Crippen molar-refractivity contribution in [3.05, 3.63) is 51.7 Å². The molecule has 0 fully saturated rings. The van der Waals surface area contributed by atoms with Crippen molar-refractivity contribution in [2.24, 2.45) is 0 Å². The predicted octanol–water partition coefficient (Wildman–Crippen LogP) is 3.44. The number of anilines is 1. The number of para-hydroxylation sites is 1. The summed E-state index contributed by atoms with van der Waals surface area (Å²) >= 11 is 1.71. The molecule has 1 heterocycles. The number of rotatable bonds is 5. The fraction of sp³-hybridized carbons (Fsp3) is 0.312. The van der Waals surface area contributed by atoms with Crippen LogP contribution < -0.4 is 5.32 Å². The van der Waals surface area contributed by atoms with Crippen LogP contribution in [-0.2, 0) is 11.3 Å². The van der Waals surface area contributed by atoms with Gasteiger partial charge in [-0.15, -0.1) is 11.3 Å². The average Bonchev–Trinajstić information content (AvgIpc) is 2.86. The van der Waals surface area contributed by atoms with Gasteiger partial charge in [0.1, 0.15) is 0 Å². The monoisotopic (exact) mass is 288 g/mol. The van der Waals surface area contributed by atoms with Crippen molar-refractivity contribution in [1.82, 2.24) is 4.90 Å². The summed E-state index contributed by atoms with van der Waals surface area (Å²) in [7, 11) is 1.96. The van der Waals surface area contributed by atoms with Gasteiger partial charge < -0.3 is 5.32 Å². The molecular weight excluding hydrogens is 268 g/mol. The molecule has 20 heavy (non-hydrogen) atoms. The van der Waals surface area contributed by atoms with Crippen LogP contribution in [0.5, 0.6) is 0 Å². The number of nitrogens with zero attached hydrogens (tertiary/aromatic N) is 1. The Morgan fingerprint density at radius 1 is 1.20 bits per heavy atom. The molecule has 4 heteroatoms. The quantitative estimate of drug-likeness (QED) is 0.914. The topological polar surface area (TPSA) is 32.3 Å². The molecule has 1 amide bonds. The second-order valence-electron chi connectivity index (χ2n) is 5.07. The van der Waals surface area contributed by atoms with Crippen LogP contribution in [0.1, 0.15) is 16.0 Å². The number of hydrogen-bond donors (Lipinski definition) is 1. The van der Waals surface area contributed by atoms with Crippen molar-refractivity contribution in [3.8, 4) is 0 Å². The van der Waals surface area contributed by atoms with Gasteiger partial charge in [-0.1, -0.05) is 24.3 Å². The highest BCUT2D eigenvalue weighted by molar-refractivity contribution is 7.09. The lowest BCUT2D eigenvalue weighted by molar-refractivity contribution is -0.117. The van der Waals surface area contributed by atoms with Gasteiger partial charge in [0.15, 0.2) is 0 Å². The highest BCUT2D eigenvalue weighted by Gasteiger charge is 2.10. The number of aryl methyl sites for hydroxylation is 2. The lowest BCUT2D eigenvalue weighted by Gasteiger charge is -2.17. The van der Waals surface area contributed by atoms with Crippen molar-refractivity contribution in [2.75, 3.05) is 18.9 Å². The first-order valence-electron chi connectivity index (χ1n) is 6.63. The summed E-state index contributed by atoms with van der Waals surface area (Å²) < 4.78 is 0. The minimum Gasteiger partial charge on any atom is -0.324 e. The smallest absolute Gasteiger partial charge is 0.238 e. The Kier molecular flexibility index (Phi) is 4.93. The number of carbonyl (C=O) groups excluding carboxylic acids is 1. The zero-order valence-corrected chi connectivity index (χ0v) is 13.0. The van der Waals surface area contributed by atoms with Gasteiger partial charge in [0, 0.05) is 17.1 Å². The minimum atomic E-state index is 0.0291. The highest BCUT2D eigenvalue weighted by Crippen LogP contribution is 2.19. The lowest BCUT2D eigenvalue weighted by atomic mass is 10.1. The van der Waals surface area contributed by atoms with Gasteiger partial charge in [0.2, 0.25) is 5.91 Å². The third kappa shape index (κ3) is 3.92. The molecule has 2 aromatic rings. The molecule has 0 unspecified atom stereocenters. The largest absolute Gasteiger partial charge is 0.324 e. The maximum atomic E-state index is 12.1. The Hall–Kier alpha value is -1.65. The number of hydrogen-bond acceptors (Lipinski definition) is 3. The fourth-order valence-corrected chi connectivity index (χ4v) is 2.94. The predicted molar refractivity (Wildman–Crippen MR) is 85.2 cm³/mol. The molecular formula is C16H20N2OS. The van der Waals surface area contributed by atoms with E-state index in [0.717, 1.165) is 23.4 Å². The summed E-state index contributed by atoms with van der Waals surface area (Å²) in [4.78, 5) is 15.4. The van der Waals surface area contributed by atoms with Crippen molar-refractivity contribution in [2.45, 2.75) is 20.4 Å². The Balaban J connectivity index is 1.92. The van der Waals surface area contributed by atoms with E-state index in [0.29, 0.717) is 6.54 Å². The molecule has 0 bridgehead atoms. The van der Waals surface area contributed by atoms with Crippen LogP contribution in [0.15, 0.2) is 35.7 Å². The molecule has 1 N–H and O–H groups in total. The zero-order valence-electron chi connectivity index (χ0n) is 12.1. The first-order valence-corrected chi connectivity index (χ1v) is 7.51. The maximum Gasteiger partial charge on any atom is 0.238 e. The van der Waals surface area contributed by atoms with E-state index < -0.39 is 0 Å². The minimum absolute atomic E-state index is 0.0291. The van der Waals surface area contributed by atoms with Gasteiger partial charge in [-0.25, -0.2) is 0 Å². The van der Waals surface area contributed by atoms with Crippen molar-refractivity contribution < 1.29 is 4.79 Å². The van der Waals surface area contributed by atoms with Crippen LogP contribution in [-0.4, -0.2) is 24.4 Å². The molecule has 0 aliphatic heterocycles. The molecule has 2 rings (SSSR count). The Morgan fingerprint density at radius 3 is 2.50 bits per heavy atom. The summed E-state index contributed by atoms with van der Waals surface area (Å²) in [5.74, 6) is 0.0291. The van der Waals surface area contributed by atoms with Crippen molar-refractivity contribution in [3.63, 3.8) is 0 Å².